The smallest absolute Gasteiger partial charge is 0.331 e. The SMILES string of the molecule is Cc1nccn1C(C(=O)O)c1ccccc1.Cl. The Kier molecular flexibility index (Phi) is 4.29. The van der Waals surface area contributed by atoms with Gasteiger partial charge in [-0.05, 0) is 12.5 Å². The normalized spacial score (nSPS) is 11.6. The van der Waals surface area contributed by atoms with Crippen molar-refractivity contribution in [3.63, 3.8) is 0 Å². The summed E-state index contributed by atoms with van der Waals surface area (Å²) in [5.41, 5.74) is 0.746. The van der Waals surface area contributed by atoms with E-state index in [0.29, 0.717) is 5.82 Å². The number of halogens is 1. The van der Waals surface area contributed by atoms with E-state index in [2.05, 4.69) is 4.98 Å². The van der Waals surface area contributed by atoms with Crippen LogP contribution in [0.5, 0.6) is 0 Å². The highest BCUT2D eigenvalue weighted by Gasteiger charge is 2.22. The fraction of sp³-hybridized carbons (Fsp3) is 0.167. The minimum atomic E-state index is -0.882. The number of benzene rings is 1. The second-order valence-corrected chi connectivity index (χ2v) is 3.53. The van der Waals surface area contributed by atoms with E-state index in [4.69, 9.17) is 0 Å². The van der Waals surface area contributed by atoms with Gasteiger partial charge in [0.15, 0.2) is 6.04 Å². The Morgan fingerprint density at radius 1 is 1.35 bits per heavy atom. The van der Waals surface area contributed by atoms with Crippen LogP contribution < -0.4 is 0 Å². The Hall–Kier alpha value is -1.81. The summed E-state index contributed by atoms with van der Waals surface area (Å²) < 4.78 is 1.65. The van der Waals surface area contributed by atoms with Crippen LogP contribution in [0.1, 0.15) is 17.4 Å². The Morgan fingerprint density at radius 3 is 2.47 bits per heavy atom. The van der Waals surface area contributed by atoms with Gasteiger partial charge in [-0.25, -0.2) is 9.78 Å². The van der Waals surface area contributed by atoms with Crippen molar-refractivity contribution < 1.29 is 9.90 Å². The highest BCUT2D eigenvalue weighted by Crippen LogP contribution is 2.19. The monoisotopic (exact) mass is 252 g/mol. The number of carboxylic acid groups (broad SMARTS) is 1. The zero-order chi connectivity index (χ0) is 11.5. The highest BCUT2D eigenvalue weighted by molar-refractivity contribution is 5.85. The molecule has 0 saturated carbocycles. The third kappa shape index (κ3) is 2.65. The first-order valence-corrected chi connectivity index (χ1v) is 4.97. The summed E-state index contributed by atoms with van der Waals surface area (Å²) >= 11 is 0. The topological polar surface area (TPSA) is 55.1 Å². The van der Waals surface area contributed by atoms with Crippen LogP contribution in [0.25, 0.3) is 0 Å². The van der Waals surface area contributed by atoms with Gasteiger partial charge >= 0.3 is 5.97 Å². The first-order valence-electron chi connectivity index (χ1n) is 4.97. The fourth-order valence-corrected chi connectivity index (χ4v) is 1.72. The summed E-state index contributed by atoms with van der Waals surface area (Å²) in [6.07, 6.45) is 3.29. The van der Waals surface area contributed by atoms with Crippen molar-refractivity contribution in [3.05, 3.63) is 54.1 Å². The number of aromatic nitrogens is 2. The number of imidazole rings is 1. The van der Waals surface area contributed by atoms with E-state index >= 15 is 0 Å². The van der Waals surface area contributed by atoms with E-state index in [1.165, 1.54) is 0 Å². The molecule has 1 aromatic carbocycles. The molecular formula is C12H13ClN2O2. The third-order valence-electron chi connectivity index (χ3n) is 2.49. The Morgan fingerprint density at radius 2 is 2.00 bits per heavy atom. The van der Waals surface area contributed by atoms with Crippen molar-refractivity contribution in [2.24, 2.45) is 0 Å². The molecule has 0 fully saturated rings. The van der Waals surface area contributed by atoms with Gasteiger partial charge in [0.2, 0.25) is 0 Å². The lowest BCUT2D eigenvalue weighted by Crippen LogP contribution is -2.20. The molecule has 1 aromatic heterocycles. The van der Waals surface area contributed by atoms with Crippen molar-refractivity contribution in [1.29, 1.82) is 0 Å². The van der Waals surface area contributed by atoms with Gasteiger partial charge in [0.05, 0.1) is 0 Å². The minimum absolute atomic E-state index is 0. The van der Waals surface area contributed by atoms with Crippen LogP contribution in [0.2, 0.25) is 0 Å². The number of nitrogens with zero attached hydrogens (tertiary/aromatic N) is 2. The standard InChI is InChI=1S/C12H12N2O2.ClH/c1-9-13-7-8-14(9)11(12(15)16)10-5-3-2-4-6-10;/h2-8,11H,1H3,(H,15,16);1H. The molecule has 4 nitrogen and oxygen atoms in total. The van der Waals surface area contributed by atoms with Crippen LogP contribution in [0.4, 0.5) is 0 Å². The quantitative estimate of drug-likeness (QED) is 0.912. The zero-order valence-electron chi connectivity index (χ0n) is 9.28. The maximum Gasteiger partial charge on any atom is 0.331 e. The molecule has 0 radical (unpaired) electrons. The predicted octanol–water partition coefficient (Wildman–Crippen LogP) is 2.29. The first kappa shape index (κ1) is 13.3. The molecule has 0 saturated heterocycles. The number of rotatable bonds is 3. The molecule has 5 heteroatoms. The Bertz CT molecular complexity index is 496. The summed E-state index contributed by atoms with van der Waals surface area (Å²) in [5.74, 6) is -0.191. The van der Waals surface area contributed by atoms with Gasteiger partial charge in [0.25, 0.3) is 0 Å². The van der Waals surface area contributed by atoms with E-state index in [1.54, 1.807) is 36.0 Å². The fourth-order valence-electron chi connectivity index (χ4n) is 1.72. The van der Waals surface area contributed by atoms with Crippen molar-refractivity contribution in [2.45, 2.75) is 13.0 Å². The van der Waals surface area contributed by atoms with Crippen molar-refractivity contribution >= 4 is 18.4 Å². The molecule has 0 spiro atoms. The van der Waals surface area contributed by atoms with Gasteiger partial charge in [0, 0.05) is 12.4 Å². The molecule has 0 bridgehead atoms. The number of hydrogen-bond acceptors (Lipinski definition) is 2. The molecule has 1 atom stereocenters. The third-order valence-corrected chi connectivity index (χ3v) is 2.49. The highest BCUT2D eigenvalue weighted by atomic mass is 35.5. The Labute approximate surface area is 105 Å². The number of aryl methyl sites for hydroxylation is 1. The zero-order valence-corrected chi connectivity index (χ0v) is 10.1. The van der Waals surface area contributed by atoms with Crippen LogP contribution in [-0.2, 0) is 4.79 Å². The maximum absolute atomic E-state index is 11.3. The summed E-state index contributed by atoms with van der Waals surface area (Å²) in [4.78, 5) is 15.3. The van der Waals surface area contributed by atoms with Crippen LogP contribution in [0.3, 0.4) is 0 Å². The van der Waals surface area contributed by atoms with Gasteiger partial charge in [-0.1, -0.05) is 30.3 Å². The summed E-state index contributed by atoms with van der Waals surface area (Å²) in [5, 5.41) is 9.27. The molecule has 2 rings (SSSR count). The van der Waals surface area contributed by atoms with Crippen LogP contribution in [-0.4, -0.2) is 20.6 Å². The second kappa shape index (κ2) is 5.50. The van der Waals surface area contributed by atoms with E-state index in [0.717, 1.165) is 5.56 Å². The molecule has 17 heavy (non-hydrogen) atoms. The van der Waals surface area contributed by atoms with Crippen LogP contribution in [0, 0.1) is 6.92 Å². The van der Waals surface area contributed by atoms with E-state index in [9.17, 15) is 9.90 Å². The Balaban J connectivity index is 0.00000144. The van der Waals surface area contributed by atoms with E-state index in [-0.39, 0.29) is 12.4 Å². The maximum atomic E-state index is 11.3. The second-order valence-electron chi connectivity index (χ2n) is 3.53. The predicted molar refractivity (Wildman–Crippen MR) is 66.4 cm³/mol. The number of carboxylic acids is 1. The molecule has 2 aromatic rings. The molecule has 90 valence electrons. The lowest BCUT2D eigenvalue weighted by Gasteiger charge is -2.15. The van der Waals surface area contributed by atoms with Crippen LogP contribution in [0.15, 0.2) is 42.7 Å². The first-order chi connectivity index (χ1) is 7.70. The van der Waals surface area contributed by atoms with Crippen LogP contribution >= 0.6 is 12.4 Å². The lowest BCUT2D eigenvalue weighted by molar-refractivity contribution is -0.139. The van der Waals surface area contributed by atoms with Gasteiger partial charge in [-0.2, -0.15) is 0 Å². The number of aliphatic carboxylic acids is 1. The molecule has 1 N–H and O–H groups in total. The molecule has 1 heterocycles. The van der Waals surface area contributed by atoms with Gasteiger partial charge < -0.3 is 9.67 Å². The summed E-state index contributed by atoms with van der Waals surface area (Å²) in [6, 6.07) is 8.43. The molecular weight excluding hydrogens is 240 g/mol. The van der Waals surface area contributed by atoms with Crippen molar-refractivity contribution in [1.82, 2.24) is 9.55 Å². The van der Waals surface area contributed by atoms with Gasteiger partial charge in [-0.15, -0.1) is 12.4 Å². The largest absolute Gasteiger partial charge is 0.479 e. The number of hydrogen-bond donors (Lipinski definition) is 1. The van der Waals surface area contributed by atoms with Gasteiger partial charge in [-0.3, -0.25) is 0 Å². The van der Waals surface area contributed by atoms with E-state index in [1.807, 2.05) is 18.2 Å². The average molecular weight is 253 g/mol. The van der Waals surface area contributed by atoms with Crippen molar-refractivity contribution in [3.8, 4) is 0 Å². The summed E-state index contributed by atoms with van der Waals surface area (Å²) in [6.45, 7) is 1.79. The molecule has 0 amide bonds. The summed E-state index contributed by atoms with van der Waals surface area (Å²) in [7, 11) is 0. The molecule has 0 aliphatic heterocycles. The molecule has 0 aliphatic rings. The van der Waals surface area contributed by atoms with E-state index < -0.39 is 12.0 Å². The molecule has 0 aliphatic carbocycles. The average Bonchev–Trinajstić information content (AvgIpc) is 2.66. The van der Waals surface area contributed by atoms with Gasteiger partial charge in [0.1, 0.15) is 5.82 Å². The molecule has 1 unspecified atom stereocenters. The van der Waals surface area contributed by atoms with Crippen molar-refractivity contribution in [2.75, 3.05) is 0 Å². The number of carbonyl (C=O) groups is 1. The minimum Gasteiger partial charge on any atom is -0.479 e. The lowest BCUT2D eigenvalue weighted by atomic mass is 10.1.